The smallest absolute Gasteiger partial charge is 0.157 e. The van der Waals surface area contributed by atoms with Crippen LogP contribution in [-0.4, -0.2) is 13.3 Å². The van der Waals surface area contributed by atoms with Crippen molar-refractivity contribution < 1.29 is 9.47 Å². The number of aliphatic imine (C=N–C) groups is 1. The van der Waals surface area contributed by atoms with Gasteiger partial charge in [0.2, 0.25) is 0 Å². The first-order valence-corrected chi connectivity index (χ1v) is 9.23. The van der Waals surface area contributed by atoms with Gasteiger partial charge in [-0.2, -0.15) is 0 Å². The largest absolute Gasteiger partial charge is 0.497 e. The fourth-order valence-corrected chi connectivity index (χ4v) is 3.08. The molecule has 27 heavy (non-hydrogen) atoms. The zero-order valence-electron chi connectivity index (χ0n) is 14.5. The summed E-state index contributed by atoms with van der Waals surface area (Å²) in [6.45, 7) is 0.343. The highest BCUT2D eigenvalue weighted by molar-refractivity contribution is 6.37. The molecule has 0 amide bonds. The summed E-state index contributed by atoms with van der Waals surface area (Å²) in [4.78, 5) is 4.41. The quantitative estimate of drug-likeness (QED) is 0.402. The van der Waals surface area contributed by atoms with Gasteiger partial charge in [0.25, 0.3) is 0 Å². The first-order valence-electron chi connectivity index (χ1n) is 8.09. The minimum atomic E-state index is 0.343. The number of halogens is 3. The molecule has 0 aliphatic rings. The molecule has 6 heteroatoms. The minimum absolute atomic E-state index is 0.343. The van der Waals surface area contributed by atoms with E-state index in [1.165, 1.54) is 0 Å². The fraction of sp³-hybridized carbons (Fsp3) is 0.0952. The van der Waals surface area contributed by atoms with Gasteiger partial charge >= 0.3 is 0 Å². The van der Waals surface area contributed by atoms with Gasteiger partial charge in [-0.1, -0.05) is 46.9 Å². The molecule has 0 bridgehead atoms. The number of benzene rings is 3. The third-order valence-corrected chi connectivity index (χ3v) is 4.57. The van der Waals surface area contributed by atoms with Gasteiger partial charge in [0, 0.05) is 11.2 Å². The Labute approximate surface area is 173 Å². The van der Waals surface area contributed by atoms with Gasteiger partial charge in [-0.3, -0.25) is 4.99 Å². The van der Waals surface area contributed by atoms with Crippen LogP contribution in [0.15, 0.2) is 65.7 Å². The van der Waals surface area contributed by atoms with Crippen molar-refractivity contribution in [1.82, 2.24) is 0 Å². The van der Waals surface area contributed by atoms with Crippen LogP contribution in [0.25, 0.3) is 0 Å². The molecule has 3 nitrogen and oxygen atoms in total. The molecule has 0 fully saturated rings. The molecule has 0 heterocycles. The Morgan fingerprint density at radius 3 is 2.11 bits per heavy atom. The summed E-state index contributed by atoms with van der Waals surface area (Å²) in [6.07, 6.45) is 1.70. The monoisotopic (exact) mass is 419 g/mol. The average molecular weight is 421 g/mol. The molecule has 138 valence electrons. The SMILES string of the molecule is COc1ccc(N=Cc2cc(Cl)c(OCc3ccc(Cl)cc3)c(Cl)c2)cc1. The van der Waals surface area contributed by atoms with Crippen LogP contribution in [0.3, 0.4) is 0 Å². The van der Waals surface area contributed by atoms with E-state index in [-0.39, 0.29) is 0 Å². The highest BCUT2D eigenvalue weighted by Crippen LogP contribution is 2.34. The molecule has 0 N–H and O–H groups in total. The average Bonchev–Trinajstić information content (AvgIpc) is 2.67. The van der Waals surface area contributed by atoms with Crippen LogP contribution >= 0.6 is 34.8 Å². The number of hydrogen-bond donors (Lipinski definition) is 0. The van der Waals surface area contributed by atoms with Crippen molar-refractivity contribution in [3.8, 4) is 11.5 Å². The molecule has 3 rings (SSSR count). The lowest BCUT2D eigenvalue weighted by molar-refractivity contribution is 0.306. The van der Waals surface area contributed by atoms with Crippen molar-refractivity contribution in [2.24, 2.45) is 4.99 Å². The van der Waals surface area contributed by atoms with Gasteiger partial charge in [-0.05, 0) is 59.7 Å². The zero-order valence-corrected chi connectivity index (χ0v) is 16.7. The molecule has 0 aliphatic heterocycles. The number of rotatable bonds is 6. The maximum absolute atomic E-state index is 6.34. The van der Waals surface area contributed by atoms with Gasteiger partial charge in [-0.25, -0.2) is 0 Å². The second-order valence-electron chi connectivity index (χ2n) is 5.69. The van der Waals surface area contributed by atoms with Gasteiger partial charge in [0.1, 0.15) is 12.4 Å². The van der Waals surface area contributed by atoms with Crippen LogP contribution in [0, 0.1) is 0 Å². The van der Waals surface area contributed by atoms with Crippen molar-refractivity contribution in [2.75, 3.05) is 7.11 Å². The molecule has 0 unspecified atom stereocenters. The van der Waals surface area contributed by atoms with Gasteiger partial charge in [0.15, 0.2) is 5.75 Å². The molecule has 0 saturated heterocycles. The number of nitrogens with zero attached hydrogens (tertiary/aromatic N) is 1. The van der Waals surface area contributed by atoms with Gasteiger partial charge in [0.05, 0.1) is 22.8 Å². The Balaban J connectivity index is 1.71. The minimum Gasteiger partial charge on any atom is -0.497 e. The second-order valence-corrected chi connectivity index (χ2v) is 6.94. The van der Waals surface area contributed by atoms with E-state index in [0.29, 0.717) is 27.4 Å². The maximum atomic E-state index is 6.34. The first kappa shape index (κ1) is 19.6. The summed E-state index contributed by atoms with van der Waals surface area (Å²) < 4.78 is 10.9. The van der Waals surface area contributed by atoms with E-state index in [2.05, 4.69) is 4.99 Å². The van der Waals surface area contributed by atoms with Crippen molar-refractivity contribution in [3.05, 3.63) is 86.9 Å². The first-order chi connectivity index (χ1) is 13.0. The predicted molar refractivity (Wildman–Crippen MR) is 112 cm³/mol. The molecule has 0 atom stereocenters. The molecule has 0 aliphatic carbocycles. The molecule has 3 aromatic carbocycles. The molecule has 0 radical (unpaired) electrons. The molecule has 0 saturated carbocycles. The summed E-state index contributed by atoms with van der Waals surface area (Å²) in [7, 11) is 1.62. The Hall–Kier alpha value is -2.20. The van der Waals surface area contributed by atoms with Crippen LogP contribution in [-0.2, 0) is 6.61 Å². The van der Waals surface area contributed by atoms with Gasteiger partial charge < -0.3 is 9.47 Å². The van der Waals surface area contributed by atoms with Crippen LogP contribution in [0.2, 0.25) is 15.1 Å². The topological polar surface area (TPSA) is 30.8 Å². The summed E-state index contributed by atoms with van der Waals surface area (Å²) in [5, 5.41) is 1.52. The lowest BCUT2D eigenvalue weighted by atomic mass is 10.2. The van der Waals surface area contributed by atoms with E-state index >= 15 is 0 Å². The normalized spacial score (nSPS) is 11.0. The Bertz CT molecular complexity index is 916. The molecular formula is C21H16Cl3NO2. The maximum Gasteiger partial charge on any atom is 0.157 e. The third-order valence-electron chi connectivity index (χ3n) is 3.75. The second kappa shape index (κ2) is 9.14. The summed E-state index contributed by atoms with van der Waals surface area (Å²) in [5.41, 5.74) is 2.54. The van der Waals surface area contributed by atoms with Crippen molar-refractivity contribution in [2.45, 2.75) is 6.61 Å². The Kier molecular flexibility index (Phi) is 6.62. The molecule has 3 aromatic rings. The van der Waals surface area contributed by atoms with Crippen molar-refractivity contribution >= 4 is 46.7 Å². The van der Waals surface area contributed by atoms with Crippen LogP contribution < -0.4 is 9.47 Å². The van der Waals surface area contributed by atoms with Gasteiger partial charge in [-0.15, -0.1) is 0 Å². The number of ether oxygens (including phenoxy) is 2. The van der Waals surface area contributed by atoms with E-state index in [4.69, 9.17) is 44.3 Å². The van der Waals surface area contributed by atoms with Crippen LogP contribution in [0.4, 0.5) is 5.69 Å². The highest BCUT2D eigenvalue weighted by Gasteiger charge is 2.09. The lowest BCUT2D eigenvalue weighted by Crippen LogP contribution is -1.97. The predicted octanol–water partition coefficient (Wildman–Crippen LogP) is 6.99. The van der Waals surface area contributed by atoms with Crippen molar-refractivity contribution in [3.63, 3.8) is 0 Å². The fourth-order valence-electron chi connectivity index (χ4n) is 2.35. The van der Waals surface area contributed by atoms with E-state index in [9.17, 15) is 0 Å². The summed E-state index contributed by atoms with van der Waals surface area (Å²) in [5.74, 6) is 1.22. The molecule has 0 aromatic heterocycles. The highest BCUT2D eigenvalue weighted by atomic mass is 35.5. The summed E-state index contributed by atoms with van der Waals surface area (Å²) in [6, 6.07) is 18.3. The van der Waals surface area contributed by atoms with Crippen LogP contribution in [0.1, 0.15) is 11.1 Å². The van der Waals surface area contributed by atoms with Crippen LogP contribution in [0.5, 0.6) is 11.5 Å². The third kappa shape index (κ3) is 5.39. The lowest BCUT2D eigenvalue weighted by Gasteiger charge is -2.11. The number of methoxy groups -OCH3 is 1. The zero-order chi connectivity index (χ0) is 19.2. The van der Waals surface area contributed by atoms with E-state index < -0.39 is 0 Å². The van der Waals surface area contributed by atoms with Crippen molar-refractivity contribution in [1.29, 1.82) is 0 Å². The molecule has 0 spiro atoms. The summed E-state index contributed by atoms with van der Waals surface area (Å²) >= 11 is 18.6. The molecular weight excluding hydrogens is 405 g/mol. The standard InChI is InChI=1S/C21H16Cl3NO2/c1-26-18-8-6-17(7-9-18)25-12-15-10-19(23)21(20(24)11-15)27-13-14-2-4-16(22)5-3-14/h2-12H,13H2,1H3. The van der Waals surface area contributed by atoms with E-state index in [0.717, 1.165) is 22.6 Å². The number of hydrogen-bond acceptors (Lipinski definition) is 3. The Morgan fingerprint density at radius 1 is 0.889 bits per heavy atom. The van der Waals surface area contributed by atoms with E-state index in [1.54, 1.807) is 25.5 Å². The Morgan fingerprint density at radius 2 is 1.52 bits per heavy atom. The van der Waals surface area contributed by atoms with E-state index in [1.807, 2.05) is 48.5 Å².